The molecule has 25 heavy (non-hydrogen) atoms. The SMILES string of the molecule is Cc1c(Cl)c(C(F)(F)F)nn1C(C)C(=O)NCCCN1CCOCC1. The van der Waals surface area contributed by atoms with Crippen LogP contribution in [0.25, 0.3) is 0 Å². The highest BCUT2D eigenvalue weighted by atomic mass is 35.5. The number of carbonyl (C=O) groups is 1. The lowest BCUT2D eigenvalue weighted by Crippen LogP contribution is -2.39. The van der Waals surface area contributed by atoms with Gasteiger partial charge in [0, 0.05) is 19.6 Å². The van der Waals surface area contributed by atoms with Crippen molar-refractivity contribution in [2.24, 2.45) is 0 Å². The Morgan fingerprint density at radius 2 is 2.04 bits per heavy atom. The molecule has 1 unspecified atom stereocenters. The van der Waals surface area contributed by atoms with Gasteiger partial charge in [-0.3, -0.25) is 14.4 Å². The number of rotatable bonds is 6. The van der Waals surface area contributed by atoms with Crippen LogP contribution in [0.4, 0.5) is 13.2 Å². The highest BCUT2D eigenvalue weighted by Gasteiger charge is 2.39. The number of hydrogen-bond acceptors (Lipinski definition) is 4. The van der Waals surface area contributed by atoms with Gasteiger partial charge in [-0.2, -0.15) is 18.3 Å². The molecule has 2 rings (SSSR count). The molecule has 0 bridgehead atoms. The minimum atomic E-state index is -4.65. The predicted molar refractivity (Wildman–Crippen MR) is 86.6 cm³/mol. The van der Waals surface area contributed by atoms with E-state index in [4.69, 9.17) is 16.3 Å². The van der Waals surface area contributed by atoms with E-state index in [0.29, 0.717) is 19.8 Å². The van der Waals surface area contributed by atoms with E-state index in [1.807, 2.05) is 0 Å². The Morgan fingerprint density at radius 3 is 2.60 bits per heavy atom. The lowest BCUT2D eigenvalue weighted by atomic mass is 10.3. The molecule has 0 radical (unpaired) electrons. The van der Waals surface area contributed by atoms with Gasteiger partial charge in [0.1, 0.15) is 6.04 Å². The van der Waals surface area contributed by atoms with Crippen molar-refractivity contribution in [2.75, 3.05) is 39.4 Å². The van der Waals surface area contributed by atoms with Crippen LogP contribution in [0.15, 0.2) is 0 Å². The zero-order valence-corrected chi connectivity index (χ0v) is 15.0. The van der Waals surface area contributed by atoms with Crippen LogP contribution in [-0.2, 0) is 15.7 Å². The average Bonchev–Trinajstić information content (AvgIpc) is 2.87. The summed E-state index contributed by atoms with van der Waals surface area (Å²) in [6.45, 7) is 7.35. The maximum Gasteiger partial charge on any atom is 0.436 e. The number of hydrogen-bond donors (Lipinski definition) is 1. The molecule has 1 N–H and O–H groups in total. The van der Waals surface area contributed by atoms with Gasteiger partial charge >= 0.3 is 6.18 Å². The molecule has 1 aliphatic rings. The van der Waals surface area contributed by atoms with E-state index in [1.54, 1.807) is 0 Å². The standard InChI is InChI=1S/C15H22ClF3N4O2/c1-10-12(16)13(15(17,18)19)21-23(10)11(2)14(24)20-4-3-5-22-6-8-25-9-7-22/h11H,3-9H2,1-2H3,(H,20,24). The molecule has 6 nitrogen and oxygen atoms in total. The second kappa shape index (κ2) is 8.37. The van der Waals surface area contributed by atoms with Crippen LogP contribution in [0.1, 0.15) is 30.8 Å². The van der Waals surface area contributed by atoms with Crippen LogP contribution in [0.2, 0.25) is 5.02 Å². The van der Waals surface area contributed by atoms with E-state index in [-0.39, 0.29) is 5.69 Å². The predicted octanol–water partition coefficient (Wildman–Crippen LogP) is 2.26. The molecule has 1 aromatic rings. The van der Waals surface area contributed by atoms with E-state index in [1.165, 1.54) is 13.8 Å². The Labute approximate surface area is 149 Å². The normalized spacial score (nSPS) is 17.5. The summed E-state index contributed by atoms with van der Waals surface area (Å²) in [6, 6.07) is -0.878. The third-order valence-corrected chi connectivity index (χ3v) is 4.60. The molecular weight excluding hydrogens is 361 g/mol. The summed E-state index contributed by atoms with van der Waals surface area (Å²) in [5.74, 6) is -0.391. The van der Waals surface area contributed by atoms with Gasteiger partial charge in [0.15, 0.2) is 5.69 Å². The quantitative estimate of drug-likeness (QED) is 0.767. The zero-order valence-electron chi connectivity index (χ0n) is 14.2. The number of morpholine rings is 1. The van der Waals surface area contributed by atoms with Crippen molar-refractivity contribution in [3.8, 4) is 0 Å². The first kappa shape index (κ1) is 20.0. The molecule has 1 saturated heterocycles. The Balaban J connectivity index is 1.87. The first-order valence-electron chi connectivity index (χ1n) is 8.11. The summed E-state index contributed by atoms with van der Waals surface area (Å²) in [4.78, 5) is 14.4. The number of amides is 1. The number of halogens is 4. The molecule has 1 aromatic heterocycles. The van der Waals surface area contributed by atoms with Crippen LogP contribution in [0.3, 0.4) is 0 Å². The van der Waals surface area contributed by atoms with Gasteiger partial charge in [-0.05, 0) is 26.8 Å². The van der Waals surface area contributed by atoms with Crippen LogP contribution in [0, 0.1) is 6.92 Å². The summed E-state index contributed by atoms with van der Waals surface area (Å²) >= 11 is 5.71. The van der Waals surface area contributed by atoms with E-state index < -0.39 is 28.8 Å². The molecule has 0 spiro atoms. The fourth-order valence-electron chi connectivity index (χ4n) is 2.65. The Morgan fingerprint density at radius 1 is 1.40 bits per heavy atom. The Kier molecular flexibility index (Phi) is 6.70. The van der Waals surface area contributed by atoms with Crippen molar-refractivity contribution < 1.29 is 22.7 Å². The minimum Gasteiger partial charge on any atom is -0.379 e. The summed E-state index contributed by atoms with van der Waals surface area (Å²) < 4.78 is 44.8. The lowest BCUT2D eigenvalue weighted by Gasteiger charge is -2.26. The second-order valence-corrected chi connectivity index (χ2v) is 6.34. The van der Waals surface area contributed by atoms with E-state index in [0.717, 1.165) is 30.7 Å². The maximum atomic E-state index is 12.9. The van der Waals surface area contributed by atoms with Crippen LogP contribution in [-0.4, -0.2) is 60.0 Å². The minimum absolute atomic E-state index is 0.116. The first-order valence-corrected chi connectivity index (χ1v) is 8.49. The van der Waals surface area contributed by atoms with Gasteiger partial charge in [0.05, 0.1) is 23.9 Å². The third-order valence-electron chi connectivity index (χ3n) is 4.15. The molecule has 10 heteroatoms. The van der Waals surface area contributed by atoms with Crippen molar-refractivity contribution in [3.05, 3.63) is 16.4 Å². The van der Waals surface area contributed by atoms with Crippen molar-refractivity contribution in [1.82, 2.24) is 20.0 Å². The molecule has 1 fully saturated rings. The van der Waals surface area contributed by atoms with Crippen molar-refractivity contribution in [2.45, 2.75) is 32.5 Å². The topological polar surface area (TPSA) is 59.4 Å². The molecule has 1 aliphatic heterocycles. The lowest BCUT2D eigenvalue weighted by molar-refractivity contribution is -0.141. The Bertz CT molecular complexity index is 600. The average molecular weight is 383 g/mol. The molecule has 0 saturated carbocycles. The van der Waals surface area contributed by atoms with Gasteiger partial charge in [-0.1, -0.05) is 11.6 Å². The van der Waals surface area contributed by atoms with E-state index >= 15 is 0 Å². The zero-order chi connectivity index (χ0) is 18.6. The molecular formula is C15H22ClF3N4O2. The van der Waals surface area contributed by atoms with Gasteiger partial charge in [-0.25, -0.2) is 0 Å². The summed E-state index contributed by atoms with van der Waals surface area (Å²) in [7, 11) is 0. The molecule has 1 atom stereocenters. The van der Waals surface area contributed by atoms with E-state index in [2.05, 4.69) is 15.3 Å². The van der Waals surface area contributed by atoms with Crippen LogP contribution >= 0.6 is 11.6 Å². The van der Waals surface area contributed by atoms with E-state index in [9.17, 15) is 18.0 Å². The number of aromatic nitrogens is 2. The molecule has 0 aromatic carbocycles. The molecule has 142 valence electrons. The monoisotopic (exact) mass is 382 g/mol. The van der Waals surface area contributed by atoms with Crippen molar-refractivity contribution in [1.29, 1.82) is 0 Å². The number of ether oxygens (including phenoxy) is 1. The van der Waals surface area contributed by atoms with Crippen LogP contribution < -0.4 is 5.32 Å². The molecule has 1 amide bonds. The van der Waals surface area contributed by atoms with Gasteiger partial charge in [0.2, 0.25) is 5.91 Å². The number of nitrogens with one attached hydrogen (secondary N) is 1. The van der Waals surface area contributed by atoms with Crippen molar-refractivity contribution >= 4 is 17.5 Å². The molecule has 2 heterocycles. The highest BCUT2D eigenvalue weighted by Crippen LogP contribution is 2.36. The summed E-state index contributed by atoms with van der Waals surface area (Å²) in [5.41, 5.74) is -1.05. The van der Waals surface area contributed by atoms with Crippen LogP contribution in [0.5, 0.6) is 0 Å². The number of carbonyl (C=O) groups excluding carboxylic acids is 1. The third kappa shape index (κ3) is 5.08. The van der Waals surface area contributed by atoms with Gasteiger partial charge in [0.25, 0.3) is 0 Å². The van der Waals surface area contributed by atoms with Gasteiger partial charge < -0.3 is 10.1 Å². The Hall–Kier alpha value is -1.32. The number of alkyl halides is 3. The summed E-state index contributed by atoms with van der Waals surface area (Å²) in [6.07, 6.45) is -3.90. The van der Waals surface area contributed by atoms with Gasteiger partial charge in [-0.15, -0.1) is 0 Å². The fraction of sp³-hybridized carbons (Fsp3) is 0.733. The fourth-order valence-corrected chi connectivity index (χ4v) is 2.89. The second-order valence-electron chi connectivity index (χ2n) is 5.96. The molecule has 0 aliphatic carbocycles. The first-order chi connectivity index (χ1) is 11.7. The largest absolute Gasteiger partial charge is 0.436 e. The maximum absolute atomic E-state index is 12.9. The smallest absolute Gasteiger partial charge is 0.379 e. The highest BCUT2D eigenvalue weighted by molar-refractivity contribution is 6.32. The number of nitrogens with zero attached hydrogens (tertiary/aromatic N) is 3. The van der Waals surface area contributed by atoms with Crippen molar-refractivity contribution in [3.63, 3.8) is 0 Å². The summed E-state index contributed by atoms with van der Waals surface area (Å²) in [5, 5.41) is 5.74.